The number of amides is 1. The molecule has 1 saturated heterocycles. The molecule has 1 fully saturated rings. The Morgan fingerprint density at radius 1 is 1.24 bits per heavy atom. The van der Waals surface area contributed by atoms with Gasteiger partial charge in [-0.2, -0.15) is 9.97 Å². The minimum atomic E-state index is -0.924. The minimum Gasteiger partial charge on any atom is -0.467 e. The van der Waals surface area contributed by atoms with Crippen molar-refractivity contribution in [3.63, 3.8) is 0 Å². The highest BCUT2D eigenvalue weighted by atomic mass is 35.5. The Morgan fingerprint density at radius 2 is 2.00 bits per heavy atom. The number of hydrogen-bond donors (Lipinski definition) is 0. The van der Waals surface area contributed by atoms with Crippen LogP contribution in [0.4, 0.5) is 10.2 Å². The molecule has 9 heteroatoms. The number of rotatable bonds is 3. The van der Waals surface area contributed by atoms with E-state index in [9.17, 15) is 9.18 Å². The monoisotopic (exact) mass is 471 g/mol. The maximum atomic E-state index is 13.3. The Morgan fingerprint density at radius 3 is 2.70 bits per heavy atom. The third-order valence-corrected chi connectivity index (χ3v) is 7.61. The van der Waals surface area contributed by atoms with Gasteiger partial charge in [-0.05, 0) is 37.1 Å². The molecule has 3 heterocycles. The molecule has 1 aliphatic carbocycles. The predicted molar refractivity (Wildman–Crippen MR) is 124 cm³/mol. The summed E-state index contributed by atoms with van der Waals surface area (Å²) in [6, 6.07) is 6.48. The number of nitrogens with zero attached hydrogens (tertiary/aromatic N) is 5. The van der Waals surface area contributed by atoms with Crippen molar-refractivity contribution in [2.24, 2.45) is 0 Å². The van der Waals surface area contributed by atoms with E-state index in [1.165, 1.54) is 16.0 Å². The standard InChI is InChI=1S/C24H27ClFN5O2/c1-15(26)22(32)31-11-9-30(10-12-31)21-17-14-29(2)24(13-19(17)27-23(28-21)33-3)8-7-16-5-4-6-18(25)20(16)24/h4-6H,1,7-14H2,2-3H3. The lowest BCUT2D eigenvalue weighted by atomic mass is 9.81. The summed E-state index contributed by atoms with van der Waals surface area (Å²) in [4.78, 5) is 27.4. The third kappa shape index (κ3) is 3.56. The molecule has 5 rings (SSSR count). The molecule has 1 amide bonds. The van der Waals surface area contributed by atoms with Crippen LogP contribution in [-0.4, -0.2) is 66.0 Å². The second kappa shape index (κ2) is 8.25. The summed E-state index contributed by atoms with van der Waals surface area (Å²) in [5, 5.41) is 0.803. The zero-order valence-corrected chi connectivity index (χ0v) is 19.7. The highest BCUT2D eigenvalue weighted by Gasteiger charge is 2.47. The van der Waals surface area contributed by atoms with Crippen LogP contribution in [0.15, 0.2) is 30.6 Å². The molecular formula is C24H27ClFN5O2. The normalized spacial score (nSPS) is 22.3. The van der Waals surface area contributed by atoms with E-state index in [1.807, 2.05) is 12.1 Å². The number of anilines is 1. The maximum absolute atomic E-state index is 13.3. The topological polar surface area (TPSA) is 61.8 Å². The lowest BCUT2D eigenvalue weighted by Gasteiger charge is -2.45. The van der Waals surface area contributed by atoms with Crippen LogP contribution in [0.3, 0.4) is 0 Å². The van der Waals surface area contributed by atoms with Crippen LogP contribution in [0.2, 0.25) is 5.02 Å². The number of ether oxygens (including phenoxy) is 1. The largest absolute Gasteiger partial charge is 0.467 e. The molecule has 2 aliphatic heterocycles. The summed E-state index contributed by atoms with van der Waals surface area (Å²) < 4.78 is 18.8. The maximum Gasteiger partial charge on any atom is 0.318 e. The Kier molecular flexibility index (Phi) is 5.53. The molecule has 1 spiro atoms. The zero-order valence-electron chi connectivity index (χ0n) is 18.9. The molecule has 3 aliphatic rings. The number of aromatic nitrogens is 2. The number of aryl methyl sites for hydroxylation is 1. The summed E-state index contributed by atoms with van der Waals surface area (Å²) in [7, 11) is 3.71. The molecule has 2 aromatic rings. The van der Waals surface area contributed by atoms with Gasteiger partial charge >= 0.3 is 6.01 Å². The van der Waals surface area contributed by atoms with Crippen molar-refractivity contribution in [1.29, 1.82) is 0 Å². The van der Waals surface area contributed by atoms with E-state index in [0.717, 1.165) is 41.4 Å². The van der Waals surface area contributed by atoms with Gasteiger partial charge in [-0.25, -0.2) is 4.39 Å². The van der Waals surface area contributed by atoms with Gasteiger partial charge in [-0.3, -0.25) is 9.69 Å². The van der Waals surface area contributed by atoms with Gasteiger partial charge in [-0.1, -0.05) is 30.3 Å². The summed E-state index contributed by atoms with van der Waals surface area (Å²) in [5.74, 6) is -0.746. The first kappa shape index (κ1) is 22.1. The molecule has 0 bridgehead atoms. The first-order valence-corrected chi connectivity index (χ1v) is 11.5. The van der Waals surface area contributed by atoms with Crippen molar-refractivity contribution in [3.8, 4) is 6.01 Å². The minimum absolute atomic E-state index is 0.204. The molecule has 1 atom stereocenters. The highest BCUT2D eigenvalue weighted by Crippen LogP contribution is 2.50. The molecule has 1 aromatic carbocycles. The van der Waals surface area contributed by atoms with Crippen molar-refractivity contribution in [3.05, 3.63) is 58.0 Å². The number of methoxy groups -OCH3 is 1. The van der Waals surface area contributed by atoms with Crippen molar-refractivity contribution >= 4 is 23.3 Å². The van der Waals surface area contributed by atoms with Gasteiger partial charge in [0.1, 0.15) is 5.82 Å². The number of benzene rings is 1. The number of likely N-dealkylation sites (N-methyl/N-ethyl adjacent to an activating group) is 1. The molecule has 174 valence electrons. The number of halogens is 2. The molecule has 33 heavy (non-hydrogen) atoms. The number of hydrogen-bond acceptors (Lipinski definition) is 6. The molecule has 0 N–H and O–H groups in total. The van der Waals surface area contributed by atoms with Crippen LogP contribution >= 0.6 is 11.6 Å². The van der Waals surface area contributed by atoms with Crippen LogP contribution < -0.4 is 9.64 Å². The van der Waals surface area contributed by atoms with Gasteiger partial charge in [0.05, 0.1) is 18.3 Å². The average Bonchev–Trinajstić information content (AvgIpc) is 3.19. The second-order valence-corrected chi connectivity index (χ2v) is 9.39. The molecule has 0 saturated carbocycles. The second-order valence-electron chi connectivity index (χ2n) is 8.98. The van der Waals surface area contributed by atoms with E-state index in [-0.39, 0.29) is 5.54 Å². The average molecular weight is 472 g/mol. The third-order valence-electron chi connectivity index (χ3n) is 7.29. The predicted octanol–water partition coefficient (Wildman–Crippen LogP) is 3.10. The van der Waals surface area contributed by atoms with E-state index in [2.05, 4.69) is 34.5 Å². The molecule has 7 nitrogen and oxygen atoms in total. The number of fused-ring (bicyclic) bond motifs is 3. The summed E-state index contributed by atoms with van der Waals surface area (Å²) in [5.41, 5.74) is 4.34. The summed E-state index contributed by atoms with van der Waals surface area (Å²) >= 11 is 6.70. The van der Waals surface area contributed by atoms with E-state index in [1.54, 1.807) is 7.11 Å². The van der Waals surface area contributed by atoms with Gasteiger partial charge in [-0.15, -0.1) is 0 Å². The van der Waals surface area contributed by atoms with Gasteiger partial charge in [0.15, 0.2) is 5.83 Å². The number of carbonyl (C=O) groups is 1. The fourth-order valence-corrected chi connectivity index (χ4v) is 5.94. The lowest BCUT2D eigenvalue weighted by molar-refractivity contribution is -0.128. The molecule has 1 unspecified atom stereocenters. The van der Waals surface area contributed by atoms with Gasteiger partial charge in [0.25, 0.3) is 5.91 Å². The van der Waals surface area contributed by atoms with Gasteiger partial charge < -0.3 is 14.5 Å². The number of piperazine rings is 1. The van der Waals surface area contributed by atoms with E-state index >= 15 is 0 Å². The highest BCUT2D eigenvalue weighted by molar-refractivity contribution is 6.31. The summed E-state index contributed by atoms with van der Waals surface area (Å²) in [6.45, 7) is 5.73. The Balaban J connectivity index is 1.49. The Bertz CT molecular complexity index is 1130. The van der Waals surface area contributed by atoms with Crippen LogP contribution in [-0.2, 0) is 29.7 Å². The van der Waals surface area contributed by atoms with Crippen LogP contribution in [0.25, 0.3) is 0 Å². The Hall–Kier alpha value is -2.71. The lowest BCUT2D eigenvalue weighted by Crippen LogP contribution is -2.51. The van der Waals surface area contributed by atoms with Gasteiger partial charge in [0, 0.05) is 49.7 Å². The molecule has 1 aromatic heterocycles. The smallest absolute Gasteiger partial charge is 0.318 e. The fraction of sp³-hybridized carbons (Fsp3) is 0.458. The van der Waals surface area contributed by atoms with Crippen molar-refractivity contribution in [2.75, 3.05) is 45.2 Å². The first-order valence-electron chi connectivity index (χ1n) is 11.2. The number of carbonyl (C=O) groups excluding carboxylic acids is 1. The van der Waals surface area contributed by atoms with Crippen LogP contribution in [0.5, 0.6) is 6.01 Å². The van der Waals surface area contributed by atoms with Crippen molar-refractivity contribution in [2.45, 2.75) is 31.3 Å². The van der Waals surface area contributed by atoms with Gasteiger partial charge in [0.2, 0.25) is 0 Å². The van der Waals surface area contributed by atoms with Crippen molar-refractivity contribution < 1.29 is 13.9 Å². The van der Waals surface area contributed by atoms with E-state index < -0.39 is 11.7 Å². The first-order chi connectivity index (χ1) is 15.8. The molecule has 0 radical (unpaired) electrons. The summed E-state index contributed by atoms with van der Waals surface area (Å²) in [6.07, 6.45) is 2.69. The zero-order chi connectivity index (χ0) is 23.3. The van der Waals surface area contributed by atoms with Crippen LogP contribution in [0.1, 0.15) is 28.8 Å². The quantitative estimate of drug-likeness (QED) is 0.641. The SMILES string of the molecule is C=C(F)C(=O)N1CCN(c2nc(OC)nc3c2CN(C)C2(CCc4cccc(Cl)c42)C3)CC1. The van der Waals surface area contributed by atoms with Crippen LogP contribution in [0, 0.1) is 0 Å². The van der Waals surface area contributed by atoms with Crippen molar-refractivity contribution in [1.82, 2.24) is 19.8 Å². The van der Waals surface area contributed by atoms with E-state index in [4.69, 9.17) is 21.3 Å². The molecular weight excluding hydrogens is 445 g/mol. The Labute approximate surface area is 197 Å². The fourth-order valence-electron chi connectivity index (χ4n) is 5.57. The van der Waals surface area contributed by atoms with E-state index in [0.29, 0.717) is 38.7 Å².